The second kappa shape index (κ2) is 11.7. The Bertz CT molecular complexity index is 1950. The minimum Gasteiger partial charge on any atom is -0.490 e. The van der Waals surface area contributed by atoms with E-state index < -0.39 is 66.9 Å². The van der Waals surface area contributed by atoms with E-state index in [0.29, 0.717) is 5.52 Å². The van der Waals surface area contributed by atoms with Crippen LogP contribution < -0.4 is 24.7 Å². The second-order valence-electron chi connectivity index (χ2n) is 12.4. The van der Waals surface area contributed by atoms with Gasteiger partial charge in [-0.15, -0.1) is 0 Å². The maximum absolute atomic E-state index is 15.7. The van der Waals surface area contributed by atoms with E-state index in [1.807, 2.05) is 0 Å². The van der Waals surface area contributed by atoms with E-state index in [1.54, 1.807) is 9.47 Å². The highest BCUT2D eigenvalue weighted by atomic mass is 31.2. The Morgan fingerprint density at radius 2 is 1.90 bits per heavy atom. The molecule has 18 heteroatoms. The van der Waals surface area contributed by atoms with Crippen molar-refractivity contribution in [3.8, 4) is 11.5 Å². The van der Waals surface area contributed by atoms with E-state index in [4.69, 9.17) is 24.0 Å². The molecule has 2 aromatic carbocycles. The van der Waals surface area contributed by atoms with Crippen LogP contribution in [0.2, 0.25) is 0 Å². The number of cyclic esters (lactones) is 1. The molecule has 0 spiro atoms. The molecule has 3 fully saturated rings. The summed E-state index contributed by atoms with van der Waals surface area (Å²) >= 11 is 0. The fourth-order valence-electron chi connectivity index (χ4n) is 6.60. The lowest BCUT2D eigenvalue weighted by Crippen LogP contribution is -2.40. The number of nitrogens with zero attached hydrogens (tertiary/aromatic N) is 3. The molecule has 0 radical (unpaired) electrons. The Labute approximate surface area is 270 Å². The third-order valence-electron chi connectivity index (χ3n) is 8.95. The molecule has 4 N–H and O–H groups in total. The average Bonchev–Trinajstić information content (AvgIpc) is 3.70. The van der Waals surface area contributed by atoms with Gasteiger partial charge in [-0.2, -0.15) is 0 Å². The van der Waals surface area contributed by atoms with E-state index in [2.05, 4.69) is 4.52 Å². The Balaban J connectivity index is 1.04. The van der Waals surface area contributed by atoms with Gasteiger partial charge in [0.2, 0.25) is 5.43 Å². The van der Waals surface area contributed by atoms with Crippen molar-refractivity contribution in [2.24, 2.45) is 0 Å². The van der Waals surface area contributed by atoms with Crippen LogP contribution in [0.3, 0.4) is 0 Å². The molecule has 2 saturated heterocycles. The van der Waals surface area contributed by atoms with Gasteiger partial charge in [0.1, 0.15) is 24.0 Å². The number of phosphoric acid groups is 1. The lowest BCUT2D eigenvalue weighted by molar-refractivity contribution is 0.0352. The molecule has 0 bridgehead atoms. The lowest BCUT2D eigenvalue weighted by Gasteiger charge is -2.34. The zero-order valence-electron chi connectivity index (χ0n) is 25.1. The molecular weight excluding hydrogens is 663 g/mol. The molecule has 7 rings (SSSR count). The summed E-state index contributed by atoms with van der Waals surface area (Å²) in [6, 6.07) is 4.28. The number of hydrogen-bond donors (Lipinski definition) is 4. The maximum Gasteiger partial charge on any atom is 0.469 e. The van der Waals surface area contributed by atoms with Gasteiger partial charge in [-0.1, -0.05) is 0 Å². The van der Waals surface area contributed by atoms with Gasteiger partial charge in [0.15, 0.2) is 23.1 Å². The quantitative estimate of drug-likeness (QED) is 0.227. The van der Waals surface area contributed by atoms with Crippen molar-refractivity contribution in [3.05, 3.63) is 57.9 Å². The predicted molar refractivity (Wildman–Crippen MR) is 162 cm³/mol. The molecule has 48 heavy (non-hydrogen) atoms. The molecule has 1 amide bonds. The third kappa shape index (κ3) is 5.96. The molecule has 0 unspecified atom stereocenters. The number of carboxylic acids is 1. The van der Waals surface area contributed by atoms with Crippen LogP contribution in [0, 0.1) is 11.6 Å². The fourth-order valence-corrected chi connectivity index (χ4v) is 6.96. The number of carboxylic acid groups (broad SMARTS) is 1. The molecule has 3 aliphatic heterocycles. The van der Waals surface area contributed by atoms with Gasteiger partial charge in [-0.25, -0.2) is 22.9 Å². The van der Waals surface area contributed by atoms with Crippen LogP contribution in [0.1, 0.15) is 42.1 Å². The first-order valence-electron chi connectivity index (χ1n) is 15.1. The molecule has 4 aliphatic rings. The number of phosphoric ester groups is 1. The Morgan fingerprint density at radius 3 is 2.58 bits per heavy atom. The number of benzene rings is 2. The van der Waals surface area contributed by atoms with Crippen LogP contribution in [0.15, 0.2) is 35.3 Å². The number of halogens is 2. The summed E-state index contributed by atoms with van der Waals surface area (Å²) in [5, 5.41) is 21.0. The fraction of sp³-hybridized carbons (Fsp3) is 0.433. The molecule has 3 aromatic rings. The van der Waals surface area contributed by atoms with E-state index in [-0.39, 0.29) is 73.4 Å². The zero-order chi connectivity index (χ0) is 34.1. The number of rotatable bonds is 10. The summed E-state index contributed by atoms with van der Waals surface area (Å²) in [7, 11) is -4.77. The van der Waals surface area contributed by atoms with Crippen molar-refractivity contribution in [1.29, 1.82) is 0 Å². The van der Waals surface area contributed by atoms with E-state index in [9.17, 15) is 33.6 Å². The van der Waals surface area contributed by atoms with Gasteiger partial charge in [0, 0.05) is 37.7 Å². The summed E-state index contributed by atoms with van der Waals surface area (Å²) < 4.78 is 64.3. The third-order valence-corrected chi connectivity index (χ3v) is 9.44. The minimum atomic E-state index is -4.77. The SMILES string of the molecule is O=C(O)c1cn(C2CC2)c2c3c(c(F)cc2c1=O)N1C[C@@](O)(CCOc2ccc(N4C[C@H](COP(=O)(O)O)OC4=O)cc2F)C[C@H]1CO3. The number of aromatic nitrogens is 1. The van der Waals surface area contributed by atoms with E-state index >= 15 is 4.39 Å². The monoisotopic (exact) mass is 693 g/mol. The van der Waals surface area contributed by atoms with Crippen molar-refractivity contribution in [1.82, 2.24) is 4.57 Å². The van der Waals surface area contributed by atoms with Gasteiger partial charge >= 0.3 is 19.9 Å². The van der Waals surface area contributed by atoms with Crippen LogP contribution in [0.5, 0.6) is 11.5 Å². The first-order valence-corrected chi connectivity index (χ1v) is 16.6. The zero-order valence-corrected chi connectivity index (χ0v) is 26.0. The highest BCUT2D eigenvalue weighted by molar-refractivity contribution is 7.46. The molecule has 3 atom stereocenters. The first-order chi connectivity index (χ1) is 22.7. The average molecular weight is 694 g/mol. The van der Waals surface area contributed by atoms with Crippen LogP contribution in [0.25, 0.3) is 10.9 Å². The summed E-state index contributed by atoms with van der Waals surface area (Å²) in [6.45, 7) is -0.725. The van der Waals surface area contributed by atoms with E-state index in [1.165, 1.54) is 18.3 Å². The van der Waals surface area contributed by atoms with Crippen LogP contribution in [0.4, 0.5) is 25.0 Å². The maximum atomic E-state index is 15.7. The van der Waals surface area contributed by atoms with Crippen molar-refractivity contribution in [2.45, 2.75) is 49.5 Å². The minimum absolute atomic E-state index is 0.00786. The summed E-state index contributed by atoms with van der Waals surface area (Å²) in [4.78, 5) is 57.4. The second-order valence-corrected chi connectivity index (χ2v) is 13.6. The highest BCUT2D eigenvalue weighted by Gasteiger charge is 2.47. The summed E-state index contributed by atoms with van der Waals surface area (Å²) in [6.07, 6.45) is 1.21. The van der Waals surface area contributed by atoms with Gasteiger partial charge in [0.05, 0.1) is 48.0 Å². The summed E-state index contributed by atoms with van der Waals surface area (Å²) in [5.74, 6) is -3.04. The number of ether oxygens (including phenoxy) is 3. The molecule has 4 heterocycles. The topological polar surface area (TPSA) is 198 Å². The van der Waals surface area contributed by atoms with E-state index in [0.717, 1.165) is 29.9 Å². The Kier molecular flexibility index (Phi) is 7.87. The molecule has 256 valence electrons. The lowest BCUT2D eigenvalue weighted by atomic mass is 9.97. The normalized spacial score (nSPS) is 23.6. The predicted octanol–water partition coefficient (Wildman–Crippen LogP) is 2.92. The number of anilines is 2. The van der Waals surface area contributed by atoms with Crippen molar-refractivity contribution in [2.75, 3.05) is 42.7 Å². The molecule has 1 aliphatic carbocycles. The number of amides is 1. The van der Waals surface area contributed by atoms with Crippen LogP contribution in [-0.4, -0.2) is 87.3 Å². The Morgan fingerprint density at radius 1 is 1.12 bits per heavy atom. The number of pyridine rings is 1. The van der Waals surface area contributed by atoms with Crippen LogP contribution >= 0.6 is 7.82 Å². The molecule has 1 aromatic heterocycles. The van der Waals surface area contributed by atoms with Gasteiger partial charge < -0.3 is 43.7 Å². The number of aromatic carboxylic acids is 1. The van der Waals surface area contributed by atoms with Crippen LogP contribution in [-0.2, 0) is 13.8 Å². The largest absolute Gasteiger partial charge is 0.490 e. The standard InChI is InChI=1S/C30H30F2N3O12P/c31-21-7-16(34-10-18(47-29(34)39)13-46-48(41,42)43)3-4-23(21)44-6-5-30(40)9-17-12-45-27-24-19(8-22(32)25(27)35(17)14-30)26(36)20(28(37)38)11-33(24)15-1-2-15/h3-4,7-8,11,15,17-18,40H,1-2,5-6,9-10,12-14H2,(H,37,38)(H2,41,42,43)/t17-,18+,30+/m0/s1. The number of hydrogen-bond acceptors (Lipinski definition) is 10. The molecule has 1 saturated carbocycles. The van der Waals surface area contributed by atoms with Gasteiger partial charge in [-0.05, 0) is 31.0 Å². The number of aliphatic hydroxyl groups is 1. The smallest absolute Gasteiger partial charge is 0.469 e. The van der Waals surface area contributed by atoms with Crippen molar-refractivity contribution < 1.29 is 61.7 Å². The number of carbonyl (C=O) groups is 2. The molecular formula is C30H30F2N3O12P. The van der Waals surface area contributed by atoms with Gasteiger partial charge in [0.25, 0.3) is 0 Å². The first kappa shape index (κ1) is 32.3. The number of fused-ring (bicyclic) bond motifs is 5. The molecule has 15 nitrogen and oxygen atoms in total. The Hall–Kier alpha value is -4.28. The highest BCUT2D eigenvalue weighted by Crippen LogP contribution is 2.49. The summed E-state index contributed by atoms with van der Waals surface area (Å²) in [5.41, 5.74) is -2.14. The number of carbonyl (C=O) groups excluding carboxylic acids is 1. The van der Waals surface area contributed by atoms with Crippen molar-refractivity contribution in [3.63, 3.8) is 0 Å². The van der Waals surface area contributed by atoms with Crippen molar-refractivity contribution >= 4 is 42.2 Å². The van der Waals surface area contributed by atoms with Gasteiger partial charge in [-0.3, -0.25) is 14.2 Å².